The minimum atomic E-state index is -0.978. The minimum Gasteiger partial charge on any atom is -0.623 e. The van der Waals surface area contributed by atoms with Crippen LogP contribution in [0.15, 0.2) is 0 Å². The van der Waals surface area contributed by atoms with Crippen molar-refractivity contribution in [2.75, 3.05) is 6.61 Å². The summed E-state index contributed by atoms with van der Waals surface area (Å²) in [4.78, 5) is 11.9. The van der Waals surface area contributed by atoms with Crippen LogP contribution in [-0.2, 0) is 9.53 Å². The third-order valence-electron chi connectivity index (χ3n) is 4.03. The number of carbonyl (C=O) groups is 1. The van der Waals surface area contributed by atoms with E-state index in [0.29, 0.717) is 25.4 Å². The molecule has 17 heavy (non-hydrogen) atoms. The Morgan fingerprint density at radius 2 is 2.18 bits per heavy atom. The van der Waals surface area contributed by atoms with Crippen molar-refractivity contribution in [1.29, 1.82) is 0 Å². The third kappa shape index (κ3) is 2.61. The van der Waals surface area contributed by atoms with E-state index in [9.17, 15) is 10.0 Å². The van der Waals surface area contributed by atoms with Gasteiger partial charge in [0.05, 0.1) is 6.61 Å². The van der Waals surface area contributed by atoms with Crippen LogP contribution in [0.4, 0.5) is 0 Å². The van der Waals surface area contributed by atoms with Crippen LogP contribution in [0.25, 0.3) is 0 Å². The summed E-state index contributed by atoms with van der Waals surface area (Å²) in [5.41, 5.74) is -0.978. The lowest BCUT2D eigenvalue weighted by Crippen LogP contribution is -2.43. The first-order valence-electron chi connectivity index (χ1n) is 6.60. The van der Waals surface area contributed by atoms with Gasteiger partial charge in [0.15, 0.2) is 6.21 Å². The fourth-order valence-electron chi connectivity index (χ4n) is 2.67. The fraction of sp³-hybridized carbons (Fsp3) is 0.846. The second kappa shape index (κ2) is 5.07. The molecule has 0 N–H and O–H groups in total. The van der Waals surface area contributed by atoms with Gasteiger partial charge < -0.3 is 9.94 Å². The van der Waals surface area contributed by atoms with Crippen molar-refractivity contribution < 1.29 is 14.3 Å². The van der Waals surface area contributed by atoms with E-state index >= 15 is 0 Å². The van der Waals surface area contributed by atoms with Crippen molar-refractivity contribution in [2.45, 2.75) is 57.4 Å². The molecule has 4 heteroatoms. The van der Waals surface area contributed by atoms with Crippen LogP contribution in [0, 0.1) is 11.1 Å². The van der Waals surface area contributed by atoms with E-state index < -0.39 is 5.54 Å². The molecule has 0 aromatic carbocycles. The first-order valence-corrected chi connectivity index (χ1v) is 6.60. The molecular weight excluding hydrogens is 218 g/mol. The van der Waals surface area contributed by atoms with Crippen LogP contribution < -0.4 is 0 Å². The maximum atomic E-state index is 11.9. The molecule has 1 aliphatic carbocycles. The Kier molecular flexibility index (Phi) is 3.69. The molecule has 1 heterocycles. The summed E-state index contributed by atoms with van der Waals surface area (Å²) in [7, 11) is 0. The van der Waals surface area contributed by atoms with Gasteiger partial charge in [-0.3, -0.25) is 0 Å². The second-order valence-corrected chi connectivity index (χ2v) is 5.42. The van der Waals surface area contributed by atoms with Crippen molar-refractivity contribution in [3.8, 4) is 0 Å². The first kappa shape index (κ1) is 12.4. The van der Waals surface area contributed by atoms with E-state index in [0.717, 1.165) is 17.6 Å². The van der Waals surface area contributed by atoms with Gasteiger partial charge in [-0.15, -0.1) is 0 Å². The lowest BCUT2D eigenvalue weighted by molar-refractivity contribution is -0.518. The molecule has 0 spiro atoms. The van der Waals surface area contributed by atoms with Crippen LogP contribution in [0.5, 0.6) is 0 Å². The number of ether oxygens (including phenoxy) is 1. The average Bonchev–Trinajstić information content (AvgIpc) is 2.69. The summed E-state index contributed by atoms with van der Waals surface area (Å²) in [6, 6.07) is 0. The van der Waals surface area contributed by atoms with E-state index in [1.807, 2.05) is 0 Å². The molecule has 0 saturated heterocycles. The maximum absolute atomic E-state index is 11.9. The topological polar surface area (TPSA) is 52.4 Å². The minimum absolute atomic E-state index is 0.355. The molecule has 1 fully saturated rings. The summed E-state index contributed by atoms with van der Waals surface area (Å²) in [5.74, 6) is 0.147. The maximum Gasteiger partial charge on any atom is 0.379 e. The van der Waals surface area contributed by atoms with Gasteiger partial charge in [-0.25, -0.2) is 4.79 Å². The Hall–Kier alpha value is -1.06. The standard InChI is InChI=1S/C13H21NO3/c1-13(8-5-9-14(13)16)12(15)17-10-11-6-3-2-4-7-11/h9,11H,2-8,10H2,1H3. The molecule has 1 aliphatic heterocycles. The molecule has 1 saturated carbocycles. The molecule has 2 aliphatic rings. The molecule has 0 aromatic heterocycles. The highest BCUT2D eigenvalue weighted by Gasteiger charge is 2.46. The molecule has 1 atom stereocenters. The van der Waals surface area contributed by atoms with Crippen LogP contribution in [-0.4, -0.2) is 29.1 Å². The van der Waals surface area contributed by atoms with Crippen LogP contribution in [0.1, 0.15) is 51.9 Å². The highest BCUT2D eigenvalue weighted by molar-refractivity contribution is 5.81. The zero-order chi connectivity index (χ0) is 12.3. The molecule has 4 nitrogen and oxygen atoms in total. The van der Waals surface area contributed by atoms with E-state index in [1.165, 1.54) is 25.5 Å². The van der Waals surface area contributed by atoms with Crippen molar-refractivity contribution in [1.82, 2.24) is 0 Å². The molecule has 0 bridgehead atoms. The Morgan fingerprint density at radius 3 is 2.76 bits per heavy atom. The smallest absolute Gasteiger partial charge is 0.379 e. The van der Waals surface area contributed by atoms with Gasteiger partial charge in [0.2, 0.25) is 0 Å². The van der Waals surface area contributed by atoms with Crippen molar-refractivity contribution >= 4 is 12.2 Å². The quantitative estimate of drug-likeness (QED) is 0.431. The number of hydrogen-bond acceptors (Lipinski definition) is 3. The number of esters is 1. The van der Waals surface area contributed by atoms with Crippen LogP contribution >= 0.6 is 0 Å². The lowest BCUT2D eigenvalue weighted by atomic mass is 9.90. The monoisotopic (exact) mass is 239 g/mol. The molecule has 2 rings (SSSR count). The third-order valence-corrected chi connectivity index (χ3v) is 4.03. The molecule has 96 valence electrons. The molecule has 0 amide bonds. The van der Waals surface area contributed by atoms with Gasteiger partial charge in [0.1, 0.15) is 0 Å². The number of hydrogen-bond donors (Lipinski definition) is 0. The summed E-state index contributed by atoms with van der Waals surface area (Å²) >= 11 is 0. The van der Waals surface area contributed by atoms with Gasteiger partial charge in [0, 0.05) is 19.8 Å². The predicted octanol–water partition coefficient (Wildman–Crippen LogP) is 2.24. The number of nitrogens with zero attached hydrogens (tertiary/aromatic N) is 1. The lowest BCUT2D eigenvalue weighted by Gasteiger charge is -2.25. The van der Waals surface area contributed by atoms with E-state index in [4.69, 9.17) is 4.74 Å². The van der Waals surface area contributed by atoms with Gasteiger partial charge in [0.25, 0.3) is 5.54 Å². The van der Waals surface area contributed by atoms with Gasteiger partial charge in [-0.05, 0) is 18.8 Å². The summed E-state index contributed by atoms with van der Waals surface area (Å²) in [5, 5.41) is 11.5. The van der Waals surface area contributed by atoms with Crippen LogP contribution in [0.3, 0.4) is 0 Å². The van der Waals surface area contributed by atoms with E-state index in [-0.39, 0.29) is 5.97 Å². The largest absolute Gasteiger partial charge is 0.623 e. The zero-order valence-electron chi connectivity index (χ0n) is 10.5. The normalized spacial score (nSPS) is 30.1. The average molecular weight is 239 g/mol. The molecule has 0 aromatic rings. The van der Waals surface area contributed by atoms with E-state index in [1.54, 1.807) is 6.92 Å². The highest BCUT2D eigenvalue weighted by atomic mass is 16.5. The summed E-state index contributed by atoms with van der Waals surface area (Å²) in [6.07, 6.45) is 8.84. The van der Waals surface area contributed by atoms with Crippen LogP contribution in [0.2, 0.25) is 0 Å². The van der Waals surface area contributed by atoms with Gasteiger partial charge in [-0.2, -0.15) is 4.74 Å². The molecule has 1 unspecified atom stereocenters. The Bertz CT molecular complexity index is 321. The number of hydroxylamine groups is 1. The summed E-state index contributed by atoms with van der Waals surface area (Å²) in [6.45, 7) is 2.16. The Morgan fingerprint density at radius 1 is 1.47 bits per heavy atom. The van der Waals surface area contributed by atoms with Crippen molar-refractivity contribution in [3.05, 3.63) is 5.21 Å². The molecule has 0 radical (unpaired) electrons. The van der Waals surface area contributed by atoms with Gasteiger partial charge >= 0.3 is 5.97 Å². The van der Waals surface area contributed by atoms with Crippen molar-refractivity contribution in [2.24, 2.45) is 5.92 Å². The molecular formula is C13H21NO3. The summed E-state index contributed by atoms with van der Waals surface area (Å²) < 4.78 is 6.10. The van der Waals surface area contributed by atoms with Crippen molar-refractivity contribution in [3.63, 3.8) is 0 Å². The zero-order valence-corrected chi connectivity index (χ0v) is 10.5. The van der Waals surface area contributed by atoms with E-state index in [2.05, 4.69) is 0 Å². The number of rotatable bonds is 3. The predicted molar refractivity (Wildman–Crippen MR) is 64.9 cm³/mol. The van der Waals surface area contributed by atoms with Gasteiger partial charge in [-0.1, -0.05) is 19.3 Å². The second-order valence-electron chi connectivity index (χ2n) is 5.42. The Balaban J connectivity index is 1.82. The Labute approximate surface area is 102 Å². The highest BCUT2D eigenvalue weighted by Crippen LogP contribution is 2.26. The fourth-order valence-corrected chi connectivity index (χ4v) is 2.67. The first-order chi connectivity index (χ1) is 8.13. The number of carbonyl (C=O) groups excluding carboxylic acids is 1. The SMILES string of the molecule is CC1(C(=O)OCC2CCCCC2)CCC=[N+]1[O-].